The van der Waals surface area contributed by atoms with Gasteiger partial charge in [0.15, 0.2) is 0 Å². The second-order valence-corrected chi connectivity index (χ2v) is 14.0. The van der Waals surface area contributed by atoms with Crippen molar-refractivity contribution in [2.45, 2.75) is 97.8 Å². The predicted octanol–water partition coefficient (Wildman–Crippen LogP) is 7.12. The first-order valence-corrected chi connectivity index (χ1v) is 15.3. The Bertz CT molecular complexity index is 312. The molecule has 0 aromatic heterocycles. The fourth-order valence-corrected chi connectivity index (χ4v) is 6.95. The second kappa shape index (κ2) is 19.8. The van der Waals surface area contributed by atoms with Gasteiger partial charge >= 0.3 is 0 Å². The van der Waals surface area contributed by atoms with E-state index in [0.717, 1.165) is 14.2 Å². The molecule has 0 aromatic rings. The van der Waals surface area contributed by atoms with Gasteiger partial charge in [-0.15, -0.1) is 0 Å². The lowest BCUT2D eigenvalue weighted by Gasteiger charge is -2.23. The van der Waals surface area contributed by atoms with Gasteiger partial charge in [-0.25, -0.2) is 0 Å². The van der Waals surface area contributed by atoms with Crippen LogP contribution in [0.2, 0.25) is 0 Å². The Labute approximate surface area is 171 Å². The number of hydrogen-bond donors (Lipinski definition) is 0. The third-order valence-corrected chi connectivity index (χ3v) is 10.2. The van der Waals surface area contributed by atoms with Crippen molar-refractivity contribution in [3.05, 3.63) is 0 Å². The van der Waals surface area contributed by atoms with Crippen LogP contribution in [0.5, 0.6) is 0 Å². The van der Waals surface area contributed by atoms with Crippen LogP contribution in [-0.2, 0) is 13.6 Å². The highest BCUT2D eigenvalue weighted by Gasteiger charge is 2.29. The van der Waals surface area contributed by atoms with Crippen LogP contribution in [0.15, 0.2) is 0 Å². The van der Waals surface area contributed by atoms with Crippen molar-refractivity contribution in [2.75, 3.05) is 39.4 Å². The molecule has 166 valence electrons. The van der Waals surface area contributed by atoms with E-state index in [1.54, 1.807) is 18.5 Å². The van der Waals surface area contributed by atoms with E-state index in [1.807, 2.05) is 0 Å². The van der Waals surface area contributed by atoms with Crippen LogP contribution < -0.4 is 4.89 Å². The molecule has 0 amide bonds. The van der Waals surface area contributed by atoms with Crippen molar-refractivity contribution in [2.24, 2.45) is 0 Å². The molecule has 0 radical (unpaired) electrons. The molecule has 0 aliphatic heterocycles. The van der Waals surface area contributed by atoms with E-state index in [9.17, 15) is 9.46 Å². The van der Waals surface area contributed by atoms with Crippen LogP contribution in [0.3, 0.4) is 0 Å². The van der Waals surface area contributed by atoms with Crippen LogP contribution in [-0.4, -0.2) is 39.4 Å². The molecule has 27 heavy (non-hydrogen) atoms. The van der Waals surface area contributed by atoms with E-state index in [-0.39, 0.29) is 0 Å². The monoisotopic (exact) mass is 426 g/mol. The zero-order chi connectivity index (χ0) is 21.0. The predicted molar refractivity (Wildman–Crippen MR) is 121 cm³/mol. The summed E-state index contributed by atoms with van der Waals surface area (Å²) in [5.74, 6) is 0. The molecule has 0 aliphatic rings. The fraction of sp³-hybridized carbons (Fsp3) is 1.00. The van der Waals surface area contributed by atoms with Crippen molar-refractivity contribution in [1.82, 2.24) is 0 Å². The summed E-state index contributed by atoms with van der Waals surface area (Å²) in [7, 11) is -2.42. The maximum atomic E-state index is 9.95. The molecule has 0 atom stereocenters. The van der Waals surface area contributed by atoms with E-state index in [2.05, 4.69) is 36.5 Å². The van der Waals surface area contributed by atoms with Gasteiger partial charge in [0.1, 0.15) is 0 Å². The minimum absolute atomic E-state index is 0.590. The summed E-state index contributed by atoms with van der Waals surface area (Å²) in [6.45, 7) is 9.66. The first-order chi connectivity index (χ1) is 12.8. The van der Waals surface area contributed by atoms with Gasteiger partial charge in [-0.2, -0.15) is 0 Å². The van der Waals surface area contributed by atoms with Crippen LogP contribution in [0.4, 0.5) is 0 Å². The van der Waals surface area contributed by atoms with Crippen LogP contribution >= 0.6 is 15.1 Å². The smallest absolute Gasteiger partial charge is 0.267 e. The first-order valence-electron chi connectivity index (χ1n) is 11.1. The summed E-state index contributed by atoms with van der Waals surface area (Å²) in [6.07, 6.45) is 22.2. The topological polar surface area (TPSA) is 58.6 Å². The molecule has 0 saturated heterocycles. The molecule has 0 spiro atoms. The molecule has 0 saturated carbocycles. The minimum Gasteiger partial charge on any atom is -0.756 e. The third kappa shape index (κ3) is 21.1. The first kappa shape index (κ1) is 29.7. The molecule has 4 nitrogen and oxygen atoms in total. The van der Waals surface area contributed by atoms with Crippen molar-refractivity contribution in [3.8, 4) is 0 Å². The summed E-state index contributed by atoms with van der Waals surface area (Å²) in [4.78, 5) is 9.95. The Morgan fingerprint density at radius 3 is 1.15 bits per heavy atom. The highest BCUT2D eigenvalue weighted by molar-refractivity contribution is 7.75. The average Bonchev–Trinajstić information content (AvgIpc) is 2.67. The molecule has 0 rings (SSSR count). The van der Waals surface area contributed by atoms with Gasteiger partial charge in [0.2, 0.25) is 0 Å². The lowest BCUT2D eigenvalue weighted by Crippen LogP contribution is -2.07. The summed E-state index contributed by atoms with van der Waals surface area (Å²) in [6, 6.07) is 0. The number of phosphoric ester groups is 1. The van der Waals surface area contributed by atoms with Gasteiger partial charge in [-0.1, -0.05) is 59.3 Å². The van der Waals surface area contributed by atoms with Crippen molar-refractivity contribution >= 4 is 15.1 Å². The third-order valence-electron chi connectivity index (χ3n) is 5.10. The molecule has 0 unspecified atom stereocenters. The van der Waals surface area contributed by atoms with Gasteiger partial charge in [-0.3, -0.25) is 4.57 Å². The molecular formula is C21H48O4P2. The zero-order valence-electron chi connectivity index (χ0n) is 19.1. The Morgan fingerprint density at radius 2 is 0.963 bits per heavy atom. The minimum atomic E-state index is -3.90. The lowest BCUT2D eigenvalue weighted by molar-refractivity contribution is -0.220. The van der Waals surface area contributed by atoms with Crippen LogP contribution in [0.1, 0.15) is 97.8 Å². The van der Waals surface area contributed by atoms with Gasteiger partial charge in [0.25, 0.3) is 7.82 Å². The Morgan fingerprint density at radius 1 is 0.667 bits per heavy atom. The quantitative estimate of drug-likeness (QED) is 0.183. The summed E-state index contributed by atoms with van der Waals surface area (Å²) >= 11 is 0. The van der Waals surface area contributed by atoms with Gasteiger partial charge < -0.3 is 13.9 Å². The summed E-state index contributed by atoms with van der Waals surface area (Å²) in [5.41, 5.74) is 0. The Balaban J connectivity index is 0. The van der Waals surface area contributed by atoms with E-state index >= 15 is 0 Å². The molecule has 0 heterocycles. The Hall–Kier alpha value is 0.540. The van der Waals surface area contributed by atoms with E-state index in [1.165, 1.54) is 77.0 Å². The largest absolute Gasteiger partial charge is 0.756 e. The number of phosphoric acid groups is 1. The maximum absolute atomic E-state index is 9.95. The normalized spacial score (nSPS) is 12.0. The molecular weight excluding hydrogens is 378 g/mol. The van der Waals surface area contributed by atoms with Gasteiger partial charge in [0, 0.05) is 28.1 Å². The number of hydrogen-bond acceptors (Lipinski definition) is 4. The number of unbranched alkanes of at least 4 members (excludes halogenated alkanes) is 9. The van der Waals surface area contributed by atoms with E-state index < -0.39 is 15.1 Å². The summed E-state index contributed by atoms with van der Waals surface area (Å²) < 4.78 is 17.7. The van der Waals surface area contributed by atoms with Crippen molar-refractivity contribution < 1.29 is 18.5 Å². The molecule has 0 N–H and O–H groups in total. The SMILES string of the molecule is CCCCCC[P+](C)(CCCCCC)CCCCCC.COP(=O)([O-])OC. The van der Waals surface area contributed by atoms with E-state index in [4.69, 9.17) is 0 Å². The molecule has 6 heteroatoms. The molecule has 0 bridgehead atoms. The van der Waals surface area contributed by atoms with Crippen molar-refractivity contribution in [1.29, 1.82) is 0 Å². The second-order valence-electron chi connectivity index (χ2n) is 7.78. The highest BCUT2D eigenvalue weighted by Crippen LogP contribution is 2.57. The Kier molecular flexibility index (Phi) is 21.9. The van der Waals surface area contributed by atoms with Gasteiger partial charge in [0.05, 0.1) is 18.5 Å². The maximum Gasteiger partial charge on any atom is 0.267 e. The van der Waals surface area contributed by atoms with Crippen LogP contribution in [0.25, 0.3) is 0 Å². The highest BCUT2D eigenvalue weighted by atomic mass is 31.2. The fourth-order valence-electron chi connectivity index (χ4n) is 3.17. The van der Waals surface area contributed by atoms with Crippen molar-refractivity contribution in [3.63, 3.8) is 0 Å². The number of rotatable bonds is 17. The zero-order valence-corrected chi connectivity index (χ0v) is 20.9. The standard InChI is InChI=1S/C19H42P.C2H7O4P/c1-5-8-11-14-17-20(4,18-15-12-9-6-2)19-16-13-10-7-3;1-5-7(3,4)6-2/h5-19H2,1-4H3;1-2H3,(H,3,4)/q+1;/p-1. The molecule has 0 fully saturated rings. The molecule has 0 aromatic carbocycles. The molecule has 0 aliphatic carbocycles. The van der Waals surface area contributed by atoms with Gasteiger partial charge in [-0.05, 0) is 38.5 Å². The van der Waals surface area contributed by atoms with E-state index in [0.29, 0.717) is 0 Å². The average molecular weight is 427 g/mol. The summed E-state index contributed by atoms with van der Waals surface area (Å²) in [5, 5.41) is 0. The lowest BCUT2D eigenvalue weighted by atomic mass is 10.2. The van der Waals surface area contributed by atoms with Crippen LogP contribution in [0, 0.1) is 0 Å².